The van der Waals surface area contributed by atoms with Gasteiger partial charge in [0.15, 0.2) is 6.10 Å². The average molecular weight is 662 g/mol. The Kier molecular flexibility index (Phi) is 12.6. The van der Waals surface area contributed by atoms with Crippen molar-refractivity contribution in [3.63, 3.8) is 0 Å². The highest BCUT2D eigenvalue weighted by Gasteiger charge is 2.35. The van der Waals surface area contributed by atoms with Crippen LogP contribution in [0.3, 0.4) is 0 Å². The highest BCUT2D eigenvalue weighted by Crippen LogP contribution is 2.28. The first-order valence-electron chi connectivity index (χ1n) is 17.0. The number of aromatic amines is 1. The second-order valence-corrected chi connectivity index (χ2v) is 12.9. The van der Waals surface area contributed by atoms with Crippen LogP contribution in [0.2, 0.25) is 0 Å². The third-order valence-electron chi connectivity index (χ3n) is 9.57. The molecule has 0 bridgehead atoms. The number of aromatic nitrogens is 2. The van der Waals surface area contributed by atoms with Crippen LogP contribution in [0.15, 0.2) is 55.0 Å². The molecule has 1 saturated heterocycles. The van der Waals surface area contributed by atoms with Gasteiger partial charge in [0, 0.05) is 32.1 Å². The van der Waals surface area contributed by atoms with Crippen molar-refractivity contribution in [3.05, 3.63) is 66.2 Å². The van der Waals surface area contributed by atoms with Gasteiger partial charge in [0.05, 0.1) is 44.3 Å². The number of fused-ring (bicyclic) bond motifs is 1. The molecule has 1 aliphatic carbocycles. The van der Waals surface area contributed by atoms with Crippen molar-refractivity contribution in [2.45, 2.75) is 76.0 Å². The second-order valence-electron chi connectivity index (χ2n) is 12.9. The lowest BCUT2D eigenvalue weighted by Crippen LogP contribution is -2.56. The minimum atomic E-state index is -1.56. The van der Waals surface area contributed by atoms with Crippen molar-refractivity contribution >= 4 is 34.5 Å². The Labute approximate surface area is 281 Å². The van der Waals surface area contributed by atoms with E-state index in [2.05, 4.69) is 20.6 Å². The molecule has 2 fully saturated rings. The van der Waals surface area contributed by atoms with Crippen LogP contribution in [0.1, 0.15) is 56.2 Å². The van der Waals surface area contributed by atoms with Gasteiger partial charge in [-0.05, 0) is 35.1 Å². The lowest BCUT2D eigenvalue weighted by Gasteiger charge is -2.31. The molecule has 1 aliphatic heterocycles. The first-order valence-corrected chi connectivity index (χ1v) is 17.0. The predicted molar refractivity (Wildman–Crippen MR) is 179 cm³/mol. The van der Waals surface area contributed by atoms with E-state index in [0.717, 1.165) is 48.4 Å². The largest absolute Gasteiger partial charge is 0.467 e. The molecular formula is C36H47N5O7. The number of carbonyl (C=O) groups excluding carboxylic acids is 4. The molecule has 1 saturated carbocycles. The van der Waals surface area contributed by atoms with E-state index in [-0.39, 0.29) is 31.1 Å². The van der Waals surface area contributed by atoms with Crippen LogP contribution in [0.5, 0.6) is 0 Å². The predicted octanol–water partition coefficient (Wildman–Crippen LogP) is 2.69. The number of morpholine rings is 1. The summed E-state index contributed by atoms with van der Waals surface area (Å²) in [6, 6.07) is 11.8. The maximum absolute atomic E-state index is 14.2. The fraction of sp³-hybridized carbons (Fsp3) is 0.528. The summed E-state index contributed by atoms with van der Waals surface area (Å²) in [7, 11) is 1.19. The number of aliphatic hydroxyl groups is 1. The average Bonchev–Trinajstić information content (AvgIpc) is 3.64. The summed E-state index contributed by atoms with van der Waals surface area (Å²) >= 11 is 0. The van der Waals surface area contributed by atoms with Gasteiger partial charge < -0.3 is 35.1 Å². The van der Waals surface area contributed by atoms with Crippen LogP contribution in [0, 0.1) is 11.8 Å². The minimum absolute atomic E-state index is 0.0445. The van der Waals surface area contributed by atoms with Gasteiger partial charge in [0.1, 0.15) is 6.04 Å². The summed E-state index contributed by atoms with van der Waals surface area (Å²) in [4.78, 5) is 62.9. The number of hydrogen-bond acceptors (Lipinski definition) is 8. The molecule has 4 N–H and O–H groups in total. The zero-order valence-corrected chi connectivity index (χ0v) is 27.6. The molecule has 12 nitrogen and oxygen atoms in total. The monoisotopic (exact) mass is 661 g/mol. The van der Waals surface area contributed by atoms with Crippen LogP contribution in [0.25, 0.3) is 10.8 Å². The molecule has 258 valence electrons. The fourth-order valence-corrected chi connectivity index (χ4v) is 6.87. The molecule has 2 aromatic carbocycles. The van der Waals surface area contributed by atoms with Gasteiger partial charge in [-0.3, -0.25) is 14.4 Å². The maximum Gasteiger partial charge on any atom is 0.336 e. The van der Waals surface area contributed by atoms with E-state index < -0.39 is 41.9 Å². The molecule has 1 aromatic heterocycles. The number of hydrogen-bond donors (Lipinski definition) is 4. The summed E-state index contributed by atoms with van der Waals surface area (Å²) in [6.45, 7) is 1.79. The number of aliphatic hydroxyl groups excluding tert-OH is 1. The molecular weight excluding hydrogens is 614 g/mol. The second kappa shape index (κ2) is 17.2. The molecule has 3 aromatic rings. The van der Waals surface area contributed by atoms with Gasteiger partial charge in [0.25, 0.3) is 0 Å². The number of ether oxygens (including phenoxy) is 2. The van der Waals surface area contributed by atoms with Crippen molar-refractivity contribution in [2.24, 2.45) is 11.8 Å². The number of amides is 3. The molecule has 3 amide bonds. The quantitative estimate of drug-likeness (QED) is 0.192. The third kappa shape index (κ3) is 9.41. The lowest BCUT2D eigenvalue weighted by atomic mass is 9.83. The number of esters is 1. The van der Waals surface area contributed by atoms with Crippen molar-refractivity contribution < 1.29 is 33.8 Å². The van der Waals surface area contributed by atoms with E-state index in [1.54, 1.807) is 11.1 Å². The highest BCUT2D eigenvalue weighted by atomic mass is 16.5. The molecule has 12 heteroatoms. The Morgan fingerprint density at radius 1 is 1.00 bits per heavy atom. The number of rotatable bonds is 14. The third-order valence-corrected chi connectivity index (χ3v) is 9.57. The minimum Gasteiger partial charge on any atom is -0.467 e. The standard InChI is InChI=1S/C36H47N5O7/c1-47-36(46)33(43)30(18-24-8-3-2-4-9-24)39-35(45)31(21-28-22-37-23-38-28)40-34(44)27(20-32(42)41-14-16-48-17-15-41)19-26-12-7-11-25-10-5-6-13-29(25)26/h5-7,10-13,22-24,27,30-31,33,43H,2-4,8-9,14-21H2,1H3,(H,37,38)(H,39,45)(H,40,44)/t27?,30-,31-,33?/m0/s1. The molecule has 2 unspecified atom stereocenters. The zero-order chi connectivity index (χ0) is 33.9. The van der Waals surface area contributed by atoms with Gasteiger partial charge in [-0.15, -0.1) is 0 Å². The zero-order valence-electron chi connectivity index (χ0n) is 27.6. The van der Waals surface area contributed by atoms with Gasteiger partial charge in [-0.2, -0.15) is 0 Å². The van der Waals surface area contributed by atoms with Crippen molar-refractivity contribution in [3.8, 4) is 0 Å². The van der Waals surface area contributed by atoms with E-state index in [0.29, 0.717) is 38.4 Å². The SMILES string of the molecule is COC(=O)C(O)[C@H](CC1CCCCC1)NC(=O)[C@H](Cc1c[nH]cn1)NC(=O)C(CC(=O)N1CCOCC1)Cc1cccc2ccccc12. The van der Waals surface area contributed by atoms with Crippen LogP contribution in [-0.4, -0.2) is 95.3 Å². The van der Waals surface area contributed by atoms with Gasteiger partial charge in [0.2, 0.25) is 17.7 Å². The first kappa shape index (κ1) is 35.0. The smallest absolute Gasteiger partial charge is 0.336 e. The number of imidazole rings is 1. The highest BCUT2D eigenvalue weighted by molar-refractivity contribution is 5.92. The molecule has 48 heavy (non-hydrogen) atoms. The van der Waals surface area contributed by atoms with E-state index in [9.17, 15) is 24.3 Å². The summed E-state index contributed by atoms with van der Waals surface area (Å²) in [5.74, 6) is -2.53. The summed E-state index contributed by atoms with van der Waals surface area (Å²) in [5, 5.41) is 18.7. The Bertz CT molecular complexity index is 1510. The Morgan fingerprint density at radius 3 is 2.48 bits per heavy atom. The molecule has 2 aliphatic rings. The first-order chi connectivity index (χ1) is 23.3. The lowest BCUT2D eigenvalue weighted by molar-refractivity contribution is -0.153. The molecule has 2 heterocycles. The molecule has 5 rings (SSSR count). The number of H-pyrrole nitrogens is 1. The Hall–Kier alpha value is -4.29. The van der Waals surface area contributed by atoms with Gasteiger partial charge in [-0.25, -0.2) is 9.78 Å². The Morgan fingerprint density at radius 2 is 1.75 bits per heavy atom. The maximum atomic E-state index is 14.2. The summed E-state index contributed by atoms with van der Waals surface area (Å²) in [5.41, 5.74) is 1.47. The van der Waals surface area contributed by atoms with Crippen molar-refractivity contribution in [1.29, 1.82) is 0 Å². The van der Waals surface area contributed by atoms with E-state index in [1.165, 1.54) is 13.4 Å². The number of carbonyl (C=O) groups is 4. The number of nitrogens with zero attached hydrogens (tertiary/aromatic N) is 2. The van der Waals surface area contributed by atoms with Crippen LogP contribution < -0.4 is 10.6 Å². The topological polar surface area (TPSA) is 163 Å². The van der Waals surface area contributed by atoms with Crippen LogP contribution >= 0.6 is 0 Å². The summed E-state index contributed by atoms with van der Waals surface area (Å²) in [6.07, 6.45) is 7.41. The Balaban J connectivity index is 1.38. The van der Waals surface area contributed by atoms with E-state index in [1.807, 2.05) is 42.5 Å². The van der Waals surface area contributed by atoms with Gasteiger partial charge in [-0.1, -0.05) is 74.6 Å². The van der Waals surface area contributed by atoms with Crippen LogP contribution in [0.4, 0.5) is 0 Å². The number of nitrogens with one attached hydrogen (secondary N) is 3. The number of methoxy groups -OCH3 is 1. The normalized spacial score (nSPS) is 18.0. The molecule has 4 atom stereocenters. The van der Waals surface area contributed by atoms with Gasteiger partial charge >= 0.3 is 5.97 Å². The number of benzene rings is 2. The summed E-state index contributed by atoms with van der Waals surface area (Å²) < 4.78 is 10.2. The molecule has 0 radical (unpaired) electrons. The van der Waals surface area contributed by atoms with Crippen molar-refractivity contribution in [1.82, 2.24) is 25.5 Å². The van der Waals surface area contributed by atoms with Crippen molar-refractivity contribution in [2.75, 3.05) is 33.4 Å². The fourth-order valence-electron chi connectivity index (χ4n) is 6.87. The van der Waals surface area contributed by atoms with E-state index >= 15 is 0 Å². The van der Waals surface area contributed by atoms with Crippen LogP contribution in [-0.2, 0) is 41.5 Å². The molecule has 0 spiro atoms. The van der Waals surface area contributed by atoms with E-state index in [4.69, 9.17) is 9.47 Å².